The number of anilines is 1. The van der Waals surface area contributed by atoms with Gasteiger partial charge in [-0.1, -0.05) is 0 Å². The topological polar surface area (TPSA) is 93.4 Å². The number of benzene rings is 1. The Morgan fingerprint density at radius 3 is 2.95 bits per heavy atom. The summed E-state index contributed by atoms with van der Waals surface area (Å²) in [7, 11) is 1.51. The molecule has 4 N–H and O–H groups in total. The van der Waals surface area contributed by atoms with Gasteiger partial charge in [0.15, 0.2) is 0 Å². The number of primary amides is 1. The fourth-order valence-electron chi connectivity index (χ4n) is 2.13. The van der Waals surface area contributed by atoms with Crippen molar-refractivity contribution in [1.82, 2.24) is 5.32 Å². The Bertz CT molecular complexity index is 530. The fourth-order valence-corrected chi connectivity index (χ4v) is 3.08. The van der Waals surface area contributed by atoms with Gasteiger partial charge in [-0.3, -0.25) is 9.59 Å². The standard InChI is InChI=1S/C14H19N3O3S/c1-20-12-3-2-9(14(15)19)6-11(12)17-13(18)7-10-8-21-5-4-16-10/h2-3,6,10,16H,4-5,7-8H2,1H3,(H2,15,19)(H,17,18). The monoisotopic (exact) mass is 309 g/mol. The van der Waals surface area contributed by atoms with Crippen LogP contribution in [0.5, 0.6) is 5.75 Å². The molecular formula is C14H19N3O3S. The van der Waals surface area contributed by atoms with Crippen molar-refractivity contribution in [1.29, 1.82) is 0 Å². The molecule has 1 aromatic carbocycles. The minimum atomic E-state index is -0.543. The molecule has 1 saturated heterocycles. The predicted octanol–water partition coefficient (Wildman–Crippen LogP) is 0.828. The lowest BCUT2D eigenvalue weighted by atomic mass is 10.1. The minimum absolute atomic E-state index is 0.116. The van der Waals surface area contributed by atoms with Crippen molar-refractivity contribution >= 4 is 29.3 Å². The van der Waals surface area contributed by atoms with E-state index in [1.165, 1.54) is 13.2 Å². The Hall–Kier alpha value is -1.73. The lowest BCUT2D eigenvalue weighted by Gasteiger charge is -2.22. The maximum absolute atomic E-state index is 12.1. The predicted molar refractivity (Wildman–Crippen MR) is 83.9 cm³/mol. The highest BCUT2D eigenvalue weighted by atomic mass is 32.2. The smallest absolute Gasteiger partial charge is 0.248 e. The third-order valence-corrected chi connectivity index (χ3v) is 4.32. The largest absolute Gasteiger partial charge is 0.495 e. The summed E-state index contributed by atoms with van der Waals surface area (Å²) in [6, 6.07) is 4.89. The van der Waals surface area contributed by atoms with E-state index >= 15 is 0 Å². The van der Waals surface area contributed by atoms with Crippen LogP contribution in [0.1, 0.15) is 16.8 Å². The molecule has 7 heteroatoms. The number of rotatable bonds is 5. The average Bonchev–Trinajstić information content (AvgIpc) is 2.48. The number of amides is 2. The Morgan fingerprint density at radius 2 is 2.33 bits per heavy atom. The first kappa shape index (κ1) is 15.7. The summed E-state index contributed by atoms with van der Waals surface area (Å²) in [6.07, 6.45) is 0.386. The van der Waals surface area contributed by atoms with E-state index in [0.29, 0.717) is 23.4 Å². The van der Waals surface area contributed by atoms with Crippen LogP contribution >= 0.6 is 11.8 Å². The summed E-state index contributed by atoms with van der Waals surface area (Å²) in [5.41, 5.74) is 6.04. The van der Waals surface area contributed by atoms with Crippen molar-refractivity contribution in [2.75, 3.05) is 30.5 Å². The number of carbonyl (C=O) groups is 2. The van der Waals surface area contributed by atoms with Gasteiger partial charge in [0, 0.05) is 36.1 Å². The molecule has 1 aromatic rings. The number of methoxy groups -OCH3 is 1. The Labute approximate surface area is 127 Å². The normalized spacial score (nSPS) is 18.0. The Kier molecular flexibility index (Phi) is 5.46. The number of hydrogen-bond acceptors (Lipinski definition) is 5. The van der Waals surface area contributed by atoms with Crippen LogP contribution < -0.4 is 21.1 Å². The first-order valence-electron chi connectivity index (χ1n) is 6.69. The second kappa shape index (κ2) is 7.33. The molecule has 1 aliphatic heterocycles. The molecule has 1 fully saturated rings. The van der Waals surface area contributed by atoms with Crippen LogP contribution in [0.4, 0.5) is 5.69 Å². The van der Waals surface area contributed by atoms with Crippen LogP contribution in [-0.4, -0.2) is 43.0 Å². The second-order valence-electron chi connectivity index (χ2n) is 4.76. The van der Waals surface area contributed by atoms with Gasteiger partial charge in [0.1, 0.15) is 5.75 Å². The van der Waals surface area contributed by atoms with Crippen molar-refractivity contribution < 1.29 is 14.3 Å². The summed E-state index contributed by atoms with van der Waals surface area (Å²) < 4.78 is 5.18. The van der Waals surface area contributed by atoms with Gasteiger partial charge in [0.2, 0.25) is 11.8 Å². The van der Waals surface area contributed by atoms with Gasteiger partial charge in [-0.25, -0.2) is 0 Å². The van der Waals surface area contributed by atoms with E-state index in [4.69, 9.17) is 10.5 Å². The van der Waals surface area contributed by atoms with Gasteiger partial charge >= 0.3 is 0 Å². The highest BCUT2D eigenvalue weighted by molar-refractivity contribution is 7.99. The zero-order valence-electron chi connectivity index (χ0n) is 11.8. The maximum Gasteiger partial charge on any atom is 0.248 e. The van der Waals surface area contributed by atoms with E-state index in [2.05, 4.69) is 10.6 Å². The molecule has 114 valence electrons. The molecule has 1 atom stereocenters. The highest BCUT2D eigenvalue weighted by Crippen LogP contribution is 2.25. The molecule has 0 spiro atoms. The molecule has 1 aliphatic rings. The summed E-state index contributed by atoms with van der Waals surface area (Å²) >= 11 is 1.84. The van der Waals surface area contributed by atoms with Gasteiger partial charge in [-0.05, 0) is 18.2 Å². The molecule has 0 bridgehead atoms. The van der Waals surface area contributed by atoms with Crippen molar-refractivity contribution in [3.8, 4) is 5.75 Å². The summed E-state index contributed by atoms with van der Waals surface area (Å²) in [4.78, 5) is 23.3. The van der Waals surface area contributed by atoms with Crippen molar-refractivity contribution in [3.63, 3.8) is 0 Å². The zero-order chi connectivity index (χ0) is 15.2. The molecule has 1 unspecified atom stereocenters. The van der Waals surface area contributed by atoms with E-state index in [-0.39, 0.29) is 11.9 Å². The van der Waals surface area contributed by atoms with Gasteiger partial charge in [-0.2, -0.15) is 11.8 Å². The number of nitrogens with one attached hydrogen (secondary N) is 2. The van der Waals surface area contributed by atoms with E-state index in [9.17, 15) is 9.59 Å². The van der Waals surface area contributed by atoms with Gasteiger partial charge in [0.05, 0.1) is 12.8 Å². The van der Waals surface area contributed by atoms with Crippen LogP contribution in [0.3, 0.4) is 0 Å². The number of nitrogens with two attached hydrogens (primary N) is 1. The van der Waals surface area contributed by atoms with E-state index in [0.717, 1.165) is 18.1 Å². The Morgan fingerprint density at radius 1 is 1.52 bits per heavy atom. The third kappa shape index (κ3) is 4.37. The van der Waals surface area contributed by atoms with Crippen LogP contribution in [0.25, 0.3) is 0 Å². The first-order valence-corrected chi connectivity index (χ1v) is 7.84. The maximum atomic E-state index is 12.1. The second-order valence-corrected chi connectivity index (χ2v) is 5.91. The number of ether oxygens (including phenoxy) is 1. The van der Waals surface area contributed by atoms with Crippen LogP contribution in [-0.2, 0) is 4.79 Å². The lowest BCUT2D eigenvalue weighted by molar-refractivity contribution is -0.116. The molecule has 6 nitrogen and oxygen atoms in total. The molecule has 0 aliphatic carbocycles. The summed E-state index contributed by atoms with van der Waals surface area (Å²) in [5.74, 6) is 1.84. The van der Waals surface area contributed by atoms with Crippen LogP contribution in [0.15, 0.2) is 18.2 Å². The van der Waals surface area contributed by atoms with Gasteiger partial charge < -0.3 is 21.1 Å². The van der Waals surface area contributed by atoms with Crippen LogP contribution in [0.2, 0.25) is 0 Å². The van der Waals surface area contributed by atoms with Crippen molar-refractivity contribution in [3.05, 3.63) is 23.8 Å². The number of carbonyl (C=O) groups excluding carboxylic acids is 2. The van der Waals surface area contributed by atoms with Crippen molar-refractivity contribution in [2.24, 2.45) is 5.73 Å². The highest BCUT2D eigenvalue weighted by Gasteiger charge is 2.18. The van der Waals surface area contributed by atoms with Gasteiger partial charge in [-0.15, -0.1) is 0 Å². The minimum Gasteiger partial charge on any atom is -0.495 e. The number of hydrogen-bond donors (Lipinski definition) is 3. The lowest BCUT2D eigenvalue weighted by Crippen LogP contribution is -2.39. The summed E-state index contributed by atoms with van der Waals surface area (Å²) in [6.45, 7) is 0.920. The molecule has 2 rings (SSSR count). The Balaban J connectivity index is 2.04. The van der Waals surface area contributed by atoms with E-state index < -0.39 is 5.91 Å². The van der Waals surface area contributed by atoms with Crippen molar-refractivity contribution in [2.45, 2.75) is 12.5 Å². The van der Waals surface area contributed by atoms with E-state index in [1.54, 1.807) is 12.1 Å². The SMILES string of the molecule is COc1ccc(C(N)=O)cc1NC(=O)CC1CSCCN1. The average molecular weight is 309 g/mol. The first-order chi connectivity index (χ1) is 10.1. The molecule has 21 heavy (non-hydrogen) atoms. The third-order valence-electron chi connectivity index (χ3n) is 3.19. The zero-order valence-corrected chi connectivity index (χ0v) is 12.7. The van der Waals surface area contributed by atoms with E-state index in [1.807, 2.05) is 11.8 Å². The molecule has 1 heterocycles. The molecule has 0 saturated carbocycles. The molecular weight excluding hydrogens is 290 g/mol. The quantitative estimate of drug-likeness (QED) is 0.749. The molecule has 0 radical (unpaired) electrons. The number of thioether (sulfide) groups is 1. The molecule has 0 aromatic heterocycles. The van der Waals surface area contributed by atoms with Gasteiger partial charge in [0.25, 0.3) is 0 Å². The molecule has 2 amide bonds. The fraction of sp³-hybridized carbons (Fsp3) is 0.429. The van der Waals surface area contributed by atoms with Crippen LogP contribution in [0, 0.1) is 0 Å². The summed E-state index contributed by atoms with van der Waals surface area (Å²) in [5, 5.41) is 6.09.